The molecule has 0 radical (unpaired) electrons. The molecular formula is C23H19N3O2. The lowest BCUT2D eigenvalue weighted by molar-refractivity contribution is 0.484. The lowest BCUT2D eigenvalue weighted by Crippen LogP contribution is -2.19. The third-order valence-corrected chi connectivity index (χ3v) is 4.41. The number of rotatable bonds is 4. The van der Waals surface area contributed by atoms with Gasteiger partial charge in [-0.3, -0.25) is 9.78 Å². The summed E-state index contributed by atoms with van der Waals surface area (Å²) in [6.45, 7) is 1.92. The molecule has 0 amide bonds. The fourth-order valence-electron chi connectivity index (χ4n) is 3.04. The quantitative estimate of drug-likeness (QED) is 0.527. The van der Waals surface area contributed by atoms with E-state index in [0.717, 1.165) is 28.1 Å². The number of pyridine rings is 1. The van der Waals surface area contributed by atoms with Crippen LogP contribution in [-0.2, 0) is 7.05 Å². The molecular weight excluding hydrogens is 350 g/mol. The van der Waals surface area contributed by atoms with Gasteiger partial charge in [0.1, 0.15) is 17.2 Å². The standard InChI is InChI=1S/C23H19N3O2/c1-16-14-17(12-13-24-16)20-15-22(27)26(2)25-23(20)19-10-6-7-11-21(19)28-18-8-4-3-5-9-18/h3-15H,1-2H3. The van der Waals surface area contributed by atoms with Gasteiger partial charge in [0.2, 0.25) is 0 Å². The number of aromatic nitrogens is 3. The van der Waals surface area contributed by atoms with Crippen LogP contribution in [0.25, 0.3) is 22.4 Å². The monoisotopic (exact) mass is 369 g/mol. The minimum Gasteiger partial charge on any atom is -0.457 e. The van der Waals surface area contributed by atoms with Gasteiger partial charge in [0.15, 0.2) is 0 Å². The second-order valence-electron chi connectivity index (χ2n) is 6.47. The van der Waals surface area contributed by atoms with Crippen LogP contribution in [0.4, 0.5) is 0 Å². The van der Waals surface area contributed by atoms with Crippen molar-refractivity contribution < 1.29 is 4.74 Å². The highest BCUT2D eigenvalue weighted by atomic mass is 16.5. The minimum absolute atomic E-state index is 0.172. The molecule has 138 valence electrons. The van der Waals surface area contributed by atoms with Crippen LogP contribution in [0.1, 0.15) is 5.69 Å². The second kappa shape index (κ2) is 7.48. The van der Waals surface area contributed by atoms with Gasteiger partial charge in [-0.25, -0.2) is 4.68 Å². The number of hydrogen-bond acceptors (Lipinski definition) is 4. The van der Waals surface area contributed by atoms with Gasteiger partial charge in [-0.05, 0) is 48.9 Å². The van der Waals surface area contributed by atoms with Crippen molar-refractivity contribution in [3.8, 4) is 33.9 Å². The van der Waals surface area contributed by atoms with Gasteiger partial charge in [0, 0.05) is 36.1 Å². The van der Waals surface area contributed by atoms with E-state index in [-0.39, 0.29) is 5.56 Å². The summed E-state index contributed by atoms with van der Waals surface area (Å²) < 4.78 is 7.45. The molecule has 4 rings (SSSR count). The number of para-hydroxylation sites is 2. The van der Waals surface area contributed by atoms with E-state index in [2.05, 4.69) is 10.1 Å². The van der Waals surface area contributed by atoms with Crippen LogP contribution < -0.4 is 10.3 Å². The highest BCUT2D eigenvalue weighted by Crippen LogP contribution is 2.36. The molecule has 2 heterocycles. The van der Waals surface area contributed by atoms with Crippen LogP contribution in [-0.4, -0.2) is 14.8 Å². The zero-order chi connectivity index (χ0) is 19.5. The third kappa shape index (κ3) is 3.55. The average molecular weight is 369 g/mol. The van der Waals surface area contributed by atoms with Crippen LogP contribution in [0.3, 0.4) is 0 Å². The summed E-state index contributed by atoms with van der Waals surface area (Å²) in [6.07, 6.45) is 1.73. The highest BCUT2D eigenvalue weighted by Gasteiger charge is 2.16. The predicted molar refractivity (Wildman–Crippen MR) is 109 cm³/mol. The molecule has 4 aromatic rings. The maximum atomic E-state index is 12.3. The van der Waals surface area contributed by atoms with E-state index >= 15 is 0 Å². The molecule has 0 saturated heterocycles. The Balaban J connectivity index is 1.91. The van der Waals surface area contributed by atoms with E-state index in [1.54, 1.807) is 19.3 Å². The fraction of sp³-hybridized carbons (Fsp3) is 0.0870. The van der Waals surface area contributed by atoms with Crippen molar-refractivity contribution in [2.75, 3.05) is 0 Å². The van der Waals surface area contributed by atoms with E-state index in [4.69, 9.17) is 4.74 Å². The van der Waals surface area contributed by atoms with Crippen LogP contribution in [0.15, 0.2) is 83.8 Å². The molecule has 5 nitrogen and oxygen atoms in total. The van der Waals surface area contributed by atoms with E-state index < -0.39 is 0 Å². The molecule has 0 aliphatic rings. The van der Waals surface area contributed by atoms with E-state index in [9.17, 15) is 4.79 Å². The van der Waals surface area contributed by atoms with Crippen molar-refractivity contribution in [2.45, 2.75) is 6.92 Å². The Morgan fingerprint density at radius 3 is 2.43 bits per heavy atom. The topological polar surface area (TPSA) is 57.0 Å². The van der Waals surface area contributed by atoms with Crippen molar-refractivity contribution in [1.29, 1.82) is 0 Å². The molecule has 0 aliphatic carbocycles. The van der Waals surface area contributed by atoms with Crippen molar-refractivity contribution in [2.24, 2.45) is 7.05 Å². The number of hydrogen-bond donors (Lipinski definition) is 0. The molecule has 0 aliphatic heterocycles. The van der Waals surface area contributed by atoms with Crippen LogP contribution in [0.2, 0.25) is 0 Å². The minimum atomic E-state index is -0.172. The van der Waals surface area contributed by atoms with E-state index in [0.29, 0.717) is 11.4 Å². The van der Waals surface area contributed by atoms with Gasteiger partial charge in [0.25, 0.3) is 5.56 Å². The molecule has 5 heteroatoms. The fourth-order valence-corrected chi connectivity index (χ4v) is 3.04. The lowest BCUT2D eigenvalue weighted by Gasteiger charge is -2.15. The first-order valence-corrected chi connectivity index (χ1v) is 8.95. The summed E-state index contributed by atoms with van der Waals surface area (Å²) in [7, 11) is 1.65. The first-order chi connectivity index (χ1) is 13.6. The maximum Gasteiger partial charge on any atom is 0.267 e. The van der Waals surface area contributed by atoms with Gasteiger partial charge in [-0.15, -0.1) is 0 Å². The highest BCUT2D eigenvalue weighted by molar-refractivity contribution is 5.83. The Hall–Kier alpha value is -3.73. The smallest absolute Gasteiger partial charge is 0.267 e. The summed E-state index contributed by atoms with van der Waals surface area (Å²) in [5, 5.41) is 4.56. The van der Waals surface area contributed by atoms with Gasteiger partial charge < -0.3 is 4.74 Å². The molecule has 0 atom stereocenters. The predicted octanol–water partition coefficient (Wildman–Crippen LogP) is 4.61. The lowest BCUT2D eigenvalue weighted by atomic mass is 9.99. The summed E-state index contributed by atoms with van der Waals surface area (Å²) in [5.41, 5.74) is 3.83. The molecule has 28 heavy (non-hydrogen) atoms. The summed E-state index contributed by atoms with van der Waals surface area (Å²) in [4.78, 5) is 16.6. The molecule has 0 bridgehead atoms. The molecule has 2 aromatic carbocycles. The SMILES string of the molecule is Cc1cc(-c2cc(=O)n(C)nc2-c2ccccc2Oc2ccccc2)ccn1. The van der Waals surface area contributed by atoms with Gasteiger partial charge in [-0.1, -0.05) is 30.3 Å². The Morgan fingerprint density at radius 2 is 1.64 bits per heavy atom. The number of ether oxygens (including phenoxy) is 1. The molecule has 0 fully saturated rings. The zero-order valence-corrected chi connectivity index (χ0v) is 15.7. The summed E-state index contributed by atoms with van der Waals surface area (Å²) in [5.74, 6) is 1.41. The number of benzene rings is 2. The molecule has 0 spiro atoms. The van der Waals surface area contributed by atoms with Crippen molar-refractivity contribution >= 4 is 0 Å². The Labute approximate surface area is 162 Å². The van der Waals surface area contributed by atoms with Gasteiger partial charge in [0.05, 0.1) is 0 Å². The zero-order valence-electron chi connectivity index (χ0n) is 15.7. The summed E-state index contributed by atoms with van der Waals surface area (Å²) in [6, 6.07) is 22.7. The van der Waals surface area contributed by atoms with Crippen molar-refractivity contribution in [3.05, 3.63) is 95.0 Å². The van der Waals surface area contributed by atoms with Crippen LogP contribution >= 0.6 is 0 Å². The third-order valence-electron chi connectivity index (χ3n) is 4.41. The van der Waals surface area contributed by atoms with Crippen LogP contribution in [0.5, 0.6) is 11.5 Å². The van der Waals surface area contributed by atoms with Gasteiger partial charge in [-0.2, -0.15) is 5.10 Å². The van der Waals surface area contributed by atoms with Crippen LogP contribution in [0, 0.1) is 6.92 Å². The average Bonchev–Trinajstić information content (AvgIpc) is 2.71. The Bertz CT molecular complexity index is 1180. The van der Waals surface area contributed by atoms with E-state index in [1.165, 1.54) is 4.68 Å². The summed E-state index contributed by atoms with van der Waals surface area (Å²) >= 11 is 0. The normalized spacial score (nSPS) is 10.6. The molecule has 0 saturated carbocycles. The van der Waals surface area contributed by atoms with Crippen molar-refractivity contribution in [3.63, 3.8) is 0 Å². The number of aryl methyl sites for hydroxylation is 2. The Morgan fingerprint density at radius 1 is 0.893 bits per heavy atom. The first-order valence-electron chi connectivity index (χ1n) is 8.95. The molecule has 0 unspecified atom stereocenters. The van der Waals surface area contributed by atoms with Crippen molar-refractivity contribution in [1.82, 2.24) is 14.8 Å². The van der Waals surface area contributed by atoms with E-state index in [1.807, 2.05) is 73.7 Å². The molecule has 2 aromatic heterocycles. The second-order valence-corrected chi connectivity index (χ2v) is 6.47. The Kier molecular flexibility index (Phi) is 4.72. The first kappa shape index (κ1) is 17.7. The maximum absolute atomic E-state index is 12.3. The largest absolute Gasteiger partial charge is 0.457 e. The van der Waals surface area contributed by atoms with Gasteiger partial charge >= 0.3 is 0 Å². The molecule has 0 N–H and O–H groups in total. The number of nitrogens with zero attached hydrogens (tertiary/aromatic N) is 3.